The molecule has 5 heteroatoms. The zero-order chi connectivity index (χ0) is 18.9. The predicted molar refractivity (Wildman–Crippen MR) is 105 cm³/mol. The van der Waals surface area contributed by atoms with E-state index in [-0.39, 0.29) is 5.91 Å². The fraction of sp³-hybridized carbons (Fsp3) is 0.227. The Morgan fingerprint density at radius 2 is 1.63 bits per heavy atom. The van der Waals surface area contributed by atoms with Crippen LogP contribution in [0.1, 0.15) is 28.9 Å². The molecule has 0 saturated heterocycles. The Balaban J connectivity index is 1.46. The normalized spacial score (nSPS) is 10.4. The lowest BCUT2D eigenvalue weighted by molar-refractivity contribution is 0.0786. The fourth-order valence-corrected chi connectivity index (χ4v) is 2.71. The lowest BCUT2D eigenvalue weighted by atomic mass is 10.1. The van der Waals surface area contributed by atoms with E-state index >= 15 is 0 Å². The SMILES string of the molecule is CN(CCCCc1ccccc1)C(=O)c1cnc(Oc2ccccc2)cn1. The standard InChI is InChI=1S/C22H23N3O2/c1-25(15-9-8-12-18-10-4-2-5-11-18)22(26)20-16-24-21(17-23-20)27-19-13-6-3-7-14-19/h2-7,10-11,13-14,16-17H,8-9,12,15H2,1H3. The molecule has 138 valence electrons. The van der Waals surface area contributed by atoms with Gasteiger partial charge in [0.1, 0.15) is 11.4 Å². The van der Waals surface area contributed by atoms with E-state index in [1.165, 1.54) is 18.0 Å². The van der Waals surface area contributed by atoms with Gasteiger partial charge in [-0.05, 0) is 37.0 Å². The van der Waals surface area contributed by atoms with E-state index in [0.29, 0.717) is 23.9 Å². The van der Waals surface area contributed by atoms with Crippen molar-refractivity contribution in [3.8, 4) is 11.6 Å². The van der Waals surface area contributed by atoms with Crippen molar-refractivity contribution >= 4 is 5.91 Å². The molecule has 0 unspecified atom stereocenters. The van der Waals surface area contributed by atoms with E-state index in [2.05, 4.69) is 34.2 Å². The van der Waals surface area contributed by atoms with Crippen molar-refractivity contribution < 1.29 is 9.53 Å². The number of amides is 1. The Morgan fingerprint density at radius 3 is 2.30 bits per heavy atom. The van der Waals surface area contributed by atoms with Crippen molar-refractivity contribution in [3.05, 3.63) is 84.3 Å². The highest BCUT2D eigenvalue weighted by atomic mass is 16.5. The van der Waals surface area contributed by atoms with E-state index in [1.54, 1.807) is 11.9 Å². The summed E-state index contributed by atoms with van der Waals surface area (Å²) in [5, 5.41) is 0. The van der Waals surface area contributed by atoms with E-state index in [1.807, 2.05) is 36.4 Å². The van der Waals surface area contributed by atoms with Gasteiger partial charge in [-0.15, -0.1) is 0 Å². The zero-order valence-electron chi connectivity index (χ0n) is 15.4. The number of aryl methyl sites for hydroxylation is 1. The van der Waals surface area contributed by atoms with Crippen LogP contribution in [0.25, 0.3) is 0 Å². The highest BCUT2D eigenvalue weighted by Crippen LogP contribution is 2.17. The average Bonchev–Trinajstić information content (AvgIpc) is 2.72. The molecule has 1 heterocycles. The van der Waals surface area contributed by atoms with Gasteiger partial charge in [0.2, 0.25) is 5.88 Å². The minimum absolute atomic E-state index is 0.131. The van der Waals surface area contributed by atoms with Crippen LogP contribution in [0, 0.1) is 0 Å². The summed E-state index contributed by atoms with van der Waals surface area (Å²) in [7, 11) is 1.79. The number of hydrogen-bond donors (Lipinski definition) is 0. The van der Waals surface area contributed by atoms with Gasteiger partial charge in [-0.3, -0.25) is 4.79 Å². The summed E-state index contributed by atoms with van der Waals surface area (Å²) >= 11 is 0. The van der Waals surface area contributed by atoms with Gasteiger partial charge in [0, 0.05) is 13.6 Å². The average molecular weight is 361 g/mol. The van der Waals surface area contributed by atoms with Gasteiger partial charge in [0.15, 0.2) is 0 Å². The van der Waals surface area contributed by atoms with Crippen LogP contribution in [-0.2, 0) is 6.42 Å². The molecule has 27 heavy (non-hydrogen) atoms. The fourth-order valence-electron chi connectivity index (χ4n) is 2.71. The van der Waals surface area contributed by atoms with Crippen LogP contribution in [0.4, 0.5) is 0 Å². The number of carbonyl (C=O) groups excluding carboxylic acids is 1. The van der Waals surface area contributed by atoms with Crippen LogP contribution in [0.15, 0.2) is 73.1 Å². The highest BCUT2D eigenvalue weighted by Gasteiger charge is 2.13. The van der Waals surface area contributed by atoms with Gasteiger partial charge in [-0.25, -0.2) is 9.97 Å². The monoisotopic (exact) mass is 361 g/mol. The molecular formula is C22H23N3O2. The Bertz CT molecular complexity index is 836. The zero-order valence-corrected chi connectivity index (χ0v) is 15.4. The van der Waals surface area contributed by atoms with Gasteiger partial charge >= 0.3 is 0 Å². The molecule has 0 aliphatic heterocycles. The Morgan fingerprint density at radius 1 is 0.926 bits per heavy atom. The van der Waals surface area contributed by atoms with Gasteiger partial charge in [0.05, 0.1) is 12.4 Å². The van der Waals surface area contributed by atoms with Crippen molar-refractivity contribution in [3.63, 3.8) is 0 Å². The minimum Gasteiger partial charge on any atom is -0.438 e. The topological polar surface area (TPSA) is 55.3 Å². The second kappa shape index (κ2) is 9.48. The van der Waals surface area contributed by atoms with E-state index in [0.717, 1.165) is 19.3 Å². The van der Waals surface area contributed by atoms with Crippen molar-refractivity contribution in [1.29, 1.82) is 0 Å². The lowest BCUT2D eigenvalue weighted by Crippen LogP contribution is -2.28. The van der Waals surface area contributed by atoms with Crippen LogP contribution in [0.5, 0.6) is 11.6 Å². The molecule has 1 amide bonds. The van der Waals surface area contributed by atoms with E-state index in [9.17, 15) is 4.79 Å². The first-order valence-electron chi connectivity index (χ1n) is 9.07. The second-order valence-electron chi connectivity index (χ2n) is 6.32. The number of para-hydroxylation sites is 1. The van der Waals surface area contributed by atoms with Crippen molar-refractivity contribution in [2.45, 2.75) is 19.3 Å². The van der Waals surface area contributed by atoms with Gasteiger partial charge in [-0.2, -0.15) is 0 Å². The molecule has 2 aromatic carbocycles. The van der Waals surface area contributed by atoms with Crippen LogP contribution >= 0.6 is 0 Å². The van der Waals surface area contributed by atoms with E-state index in [4.69, 9.17) is 4.74 Å². The van der Waals surface area contributed by atoms with Crippen LogP contribution in [0.2, 0.25) is 0 Å². The summed E-state index contributed by atoms with van der Waals surface area (Å²) in [6.45, 7) is 0.690. The van der Waals surface area contributed by atoms with E-state index < -0.39 is 0 Å². The molecule has 0 N–H and O–H groups in total. The molecule has 0 spiro atoms. The summed E-state index contributed by atoms with van der Waals surface area (Å²) in [5.41, 5.74) is 1.65. The molecule has 0 bridgehead atoms. The number of benzene rings is 2. The number of nitrogens with zero attached hydrogens (tertiary/aromatic N) is 3. The maximum atomic E-state index is 12.5. The first-order valence-corrected chi connectivity index (χ1v) is 9.07. The molecule has 0 atom stereocenters. The Hall–Kier alpha value is -3.21. The lowest BCUT2D eigenvalue weighted by Gasteiger charge is -2.16. The second-order valence-corrected chi connectivity index (χ2v) is 6.32. The highest BCUT2D eigenvalue weighted by molar-refractivity contribution is 5.91. The number of rotatable bonds is 8. The molecule has 3 aromatic rings. The summed E-state index contributed by atoms with van der Waals surface area (Å²) in [4.78, 5) is 22.5. The summed E-state index contributed by atoms with van der Waals surface area (Å²) in [6.07, 6.45) is 5.94. The molecule has 0 fully saturated rings. The number of carbonyl (C=O) groups is 1. The first kappa shape index (κ1) is 18.6. The summed E-state index contributed by atoms with van der Waals surface area (Å²) < 4.78 is 5.60. The van der Waals surface area contributed by atoms with Crippen molar-refractivity contribution in [2.24, 2.45) is 0 Å². The third-order valence-corrected chi connectivity index (χ3v) is 4.21. The Kier molecular flexibility index (Phi) is 6.52. The van der Waals surface area contributed by atoms with Gasteiger partial charge in [0.25, 0.3) is 5.91 Å². The number of ether oxygens (including phenoxy) is 1. The molecule has 1 aromatic heterocycles. The molecule has 0 aliphatic carbocycles. The van der Waals surface area contributed by atoms with Gasteiger partial charge < -0.3 is 9.64 Å². The molecule has 0 saturated carbocycles. The quantitative estimate of drug-likeness (QED) is 0.559. The van der Waals surface area contributed by atoms with Crippen molar-refractivity contribution in [2.75, 3.05) is 13.6 Å². The van der Waals surface area contributed by atoms with Gasteiger partial charge in [-0.1, -0.05) is 48.5 Å². The van der Waals surface area contributed by atoms with Crippen LogP contribution < -0.4 is 4.74 Å². The maximum absolute atomic E-state index is 12.5. The van der Waals surface area contributed by atoms with Crippen molar-refractivity contribution in [1.82, 2.24) is 14.9 Å². The third kappa shape index (κ3) is 5.64. The smallest absolute Gasteiger partial charge is 0.273 e. The molecule has 0 aliphatic rings. The molecule has 5 nitrogen and oxygen atoms in total. The maximum Gasteiger partial charge on any atom is 0.273 e. The number of aromatic nitrogens is 2. The molecule has 3 rings (SSSR count). The minimum atomic E-state index is -0.131. The number of hydrogen-bond acceptors (Lipinski definition) is 4. The molecule has 0 radical (unpaired) electrons. The Labute approximate surface area is 159 Å². The summed E-state index contributed by atoms with van der Waals surface area (Å²) in [6, 6.07) is 19.7. The largest absolute Gasteiger partial charge is 0.438 e. The summed E-state index contributed by atoms with van der Waals surface area (Å²) in [5.74, 6) is 0.915. The number of unbranched alkanes of at least 4 members (excludes halogenated alkanes) is 1. The predicted octanol–water partition coefficient (Wildman–Crippen LogP) is 4.36. The molecular weight excluding hydrogens is 338 g/mol. The first-order chi connectivity index (χ1) is 13.2. The van der Waals surface area contributed by atoms with Crippen LogP contribution in [0.3, 0.4) is 0 Å². The van der Waals surface area contributed by atoms with Crippen LogP contribution in [-0.4, -0.2) is 34.4 Å². The third-order valence-electron chi connectivity index (χ3n) is 4.21.